The maximum absolute atomic E-state index is 12.2. The molecule has 0 aliphatic rings. The Bertz CT molecular complexity index is 845. The molecule has 0 spiro atoms. The molecule has 0 radical (unpaired) electrons. The third-order valence-electron chi connectivity index (χ3n) is 3.73. The first-order chi connectivity index (χ1) is 12.1. The number of para-hydroxylation sites is 1. The van der Waals surface area contributed by atoms with Crippen molar-refractivity contribution in [1.82, 2.24) is 20.1 Å². The van der Waals surface area contributed by atoms with E-state index in [9.17, 15) is 4.79 Å². The molecule has 0 aliphatic heterocycles. The van der Waals surface area contributed by atoms with Gasteiger partial charge in [-0.05, 0) is 30.7 Å². The molecule has 6 heteroatoms. The van der Waals surface area contributed by atoms with Crippen LogP contribution in [0.15, 0.2) is 61.2 Å². The quantitative estimate of drug-likeness (QED) is 0.751. The molecule has 128 valence electrons. The first-order valence-corrected chi connectivity index (χ1v) is 8.04. The zero-order valence-corrected chi connectivity index (χ0v) is 14.2. The number of hydrogen-bond donors (Lipinski definition) is 1. The number of carbonyl (C=O) groups excluding carboxylic acids is 1. The van der Waals surface area contributed by atoms with Gasteiger partial charge in [0.1, 0.15) is 5.75 Å². The van der Waals surface area contributed by atoms with Crippen molar-refractivity contribution in [2.45, 2.75) is 19.6 Å². The van der Waals surface area contributed by atoms with Crippen LogP contribution in [-0.4, -0.2) is 26.8 Å². The Morgan fingerprint density at radius 2 is 2.00 bits per heavy atom. The number of nitrogens with zero attached hydrogens (tertiary/aromatic N) is 3. The summed E-state index contributed by atoms with van der Waals surface area (Å²) in [5, 5.41) is 7.04. The number of aromatic nitrogens is 3. The Morgan fingerprint density at radius 1 is 1.20 bits per heavy atom. The molecule has 0 fully saturated rings. The molecule has 3 rings (SSSR count). The van der Waals surface area contributed by atoms with Gasteiger partial charge in [-0.3, -0.25) is 14.5 Å². The lowest BCUT2D eigenvalue weighted by molar-refractivity contribution is -0.127. The number of hydrogen-bond acceptors (Lipinski definition) is 4. The smallest absolute Gasteiger partial charge is 0.261 e. The SMILES string of the molecule is CC(Oc1ccccc1)C(=O)NCc1cncc(-c2cnn(C)c2)c1. The molecular formula is C19H20N4O2. The summed E-state index contributed by atoms with van der Waals surface area (Å²) < 4.78 is 7.36. The fourth-order valence-corrected chi connectivity index (χ4v) is 2.40. The van der Waals surface area contributed by atoms with Crippen LogP contribution in [0.3, 0.4) is 0 Å². The maximum Gasteiger partial charge on any atom is 0.261 e. The fourth-order valence-electron chi connectivity index (χ4n) is 2.40. The predicted octanol–water partition coefficient (Wildman–Crippen LogP) is 2.57. The van der Waals surface area contributed by atoms with E-state index < -0.39 is 6.10 Å². The lowest BCUT2D eigenvalue weighted by Crippen LogP contribution is -2.35. The average molecular weight is 336 g/mol. The predicted molar refractivity (Wildman–Crippen MR) is 94.8 cm³/mol. The van der Waals surface area contributed by atoms with Crippen molar-refractivity contribution in [2.75, 3.05) is 0 Å². The highest BCUT2D eigenvalue weighted by molar-refractivity contribution is 5.80. The number of nitrogens with one attached hydrogen (secondary N) is 1. The lowest BCUT2D eigenvalue weighted by Gasteiger charge is -2.14. The van der Waals surface area contributed by atoms with E-state index in [0.717, 1.165) is 16.7 Å². The van der Waals surface area contributed by atoms with Crippen molar-refractivity contribution < 1.29 is 9.53 Å². The van der Waals surface area contributed by atoms with Crippen LogP contribution in [0.5, 0.6) is 5.75 Å². The second kappa shape index (κ2) is 7.61. The second-order valence-corrected chi connectivity index (χ2v) is 5.78. The van der Waals surface area contributed by atoms with Gasteiger partial charge < -0.3 is 10.1 Å². The Kier molecular flexibility index (Phi) is 5.09. The van der Waals surface area contributed by atoms with Gasteiger partial charge in [0.05, 0.1) is 6.20 Å². The Hall–Kier alpha value is -3.15. The van der Waals surface area contributed by atoms with Crippen LogP contribution < -0.4 is 10.1 Å². The zero-order valence-electron chi connectivity index (χ0n) is 14.2. The summed E-state index contributed by atoms with van der Waals surface area (Å²) in [5.41, 5.74) is 2.87. The largest absolute Gasteiger partial charge is 0.481 e. The molecule has 3 aromatic rings. The van der Waals surface area contributed by atoms with Crippen molar-refractivity contribution >= 4 is 5.91 Å². The summed E-state index contributed by atoms with van der Waals surface area (Å²) in [5.74, 6) is 0.501. The Balaban J connectivity index is 1.58. The van der Waals surface area contributed by atoms with E-state index in [4.69, 9.17) is 4.74 Å². The van der Waals surface area contributed by atoms with Gasteiger partial charge in [0.25, 0.3) is 5.91 Å². The molecule has 1 unspecified atom stereocenters. The van der Waals surface area contributed by atoms with Crippen LogP contribution >= 0.6 is 0 Å². The Labute approximate surface area is 146 Å². The standard InChI is InChI=1S/C19H20N4O2/c1-14(25-18-6-4-3-5-7-18)19(24)21-10-15-8-16(11-20-9-15)17-12-22-23(2)13-17/h3-9,11-14H,10H2,1-2H3,(H,21,24). The molecule has 0 aliphatic carbocycles. The van der Waals surface area contributed by atoms with E-state index in [2.05, 4.69) is 15.4 Å². The van der Waals surface area contributed by atoms with Gasteiger partial charge in [-0.1, -0.05) is 18.2 Å². The molecule has 1 atom stereocenters. The van der Waals surface area contributed by atoms with Gasteiger partial charge in [0, 0.05) is 43.3 Å². The van der Waals surface area contributed by atoms with Gasteiger partial charge >= 0.3 is 0 Å². The van der Waals surface area contributed by atoms with E-state index in [1.54, 1.807) is 30.2 Å². The van der Waals surface area contributed by atoms with Gasteiger partial charge in [0.2, 0.25) is 0 Å². The van der Waals surface area contributed by atoms with E-state index in [0.29, 0.717) is 12.3 Å². The normalized spacial score (nSPS) is 11.8. The van der Waals surface area contributed by atoms with Crippen LogP contribution in [0, 0.1) is 0 Å². The van der Waals surface area contributed by atoms with Gasteiger partial charge in [-0.25, -0.2) is 0 Å². The van der Waals surface area contributed by atoms with Crippen LogP contribution in [0.4, 0.5) is 0 Å². The van der Waals surface area contributed by atoms with Crippen molar-refractivity contribution in [3.8, 4) is 16.9 Å². The first kappa shape index (κ1) is 16.7. The van der Waals surface area contributed by atoms with Crippen molar-refractivity contribution in [3.05, 3.63) is 66.7 Å². The number of aryl methyl sites for hydroxylation is 1. The summed E-state index contributed by atoms with van der Waals surface area (Å²) in [6, 6.07) is 11.3. The molecule has 0 saturated heterocycles. The van der Waals surface area contributed by atoms with E-state index in [1.807, 2.05) is 49.6 Å². The highest BCUT2D eigenvalue weighted by atomic mass is 16.5. The maximum atomic E-state index is 12.2. The van der Waals surface area contributed by atoms with E-state index >= 15 is 0 Å². The summed E-state index contributed by atoms with van der Waals surface area (Å²) in [7, 11) is 1.87. The topological polar surface area (TPSA) is 69.0 Å². The van der Waals surface area contributed by atoms with Gasteiger partial charge in [-0.2, -0.15) is 5.10 Å². The third kappa shape index (κ3) is 4.44. The van der Waals surface area contributed by atoms with E-state index in [-0.39, 0.29) is 5.91 Å². The summed E-state index contributed by atoms with van der Waals surface area (Å²) in [6.45, 7) is 2.12. The fraction of sp³-hybridized carbons (Fsp3) is 0.211. The molecule has 1 N–H and O–H groups in total. The summed E-state index contributed by atoms with van der Waals surface area (Å²) in [6.07, 6.45) is 6.66. The molecule has 1 aromatic carbocycles. The first-order valence-electron chi connectivity index (χ1n) is 8.04. The number of ether oxygens (including phenoxy) is 1. The minimum Gasteiger partial charge on any atom is -0.481 e. The van der Waals surface area contributed by atoms with Gasteiger partial charge in [-0.15, -0.1) is 0 Å². The highest BCUT2D eigenvalue weighted by Gasteiger charge is 2.14. The molecule has 2 heterocycles. The van der Waals surface area contributed by atoms with Crippen LogP contribution in [0.25, 0.3) is 11.1 Å². The molecule has 0 bridgehead atoms. The number of amides is 1. The molecule has 0 saturated carbocycles. The van der Waals surface area contributed by atoms with E-state index in [1.165, 1.54) is 0 Å². The summed E-state index contributed by atoms with van der Waals surface area (Å²) in [4.78, 5) is 16.5. The minimum atomic E-state index is -0.572. The van der Waals surface area contributed by atoms with Crippen molar-refractivity contribution in [1.29, 1.82) is 0 Å². The number of benzene rings is 1. The monoisotopic (exact) mass is 336 g/mol. The molecule has 2 aromatic heterocycles. The van der Waals surface area contributed by atoms with Crippen LogP contribution in [0.2, 0.25) is 0 Å². The lowest BCUT2D eigenvalue weighted by atomic mass is 10.1. The third-order valence-corrected chi connectivity index (χ3v) is 3.73. The molecule has 25 heavy (non-hydrogen) atoms. The van der Waals surface area contributed by atoms with Crippen LogP contribution in [0.1, 0.15) is 12.5 Å². The number of carbonyl (C=O) groups is 1. The number of rotatable bonds is 6. The van der Waals surface area contributed by atoms with Gasteiger partial charge in [0.15, 0.2) is 6.10 Å². The number of pyridine rings is 1. The molecule has 6 nitrogen and oxygen atoms in total. The molecular weight excluding hydrogens is 316 g/mol. The Morgan fingerprint density at radius 3 is 2.72 bits per heavy atom. The summed E-state index contributed by atoms with van der Waals surface area (Å²) >= 11 is 0. The zero-order chi connectivity index (χ0) is 17.6. The van der Waals surface area contributed by atoms with Crippen molar-refractivity contribution in [2.24, 2.45) is 7.05 Å². The second-order valence-electron chi connectivity index (χ2n) is 5.78. The van der Waals surface area contributed by atoms with Crippen LogP contribution in [-0.2, 0) is 18.4 Å². The minimum absolute atomic E-state index is 0.171. The van der Waals surface area contributed by atoms with Crippen molar-refractivity contribution in [3.63, 3.8) is 0 Å². The highest BCUT2D eigenvalue weighted by Crippen LogP contribution is 2.18. The molecule has 1 amide bonds. The average Bonchev–Trinajstić information content (AvgIpc) is 3.07.